The molecule has 0 saturated heterocycles. The zero-order valence-electron chi connectivity index (χ0n) is 18.3. The van der Waals surface area contributed by atoms with Crippen LogP contribution in [0.4, 0.5) is 0 Å². The Morgan fingerprint density at radius 3 is 2.43 bits per heavy atom. The first-order chi connectivity index (χ1) is 16.8. The molecule has 4 aromatic heterocycles. The number of nitrogens with zero attached hydrogens (tertiary/aromatic N) is 4. The van der Waals surface area contributed by atoms with Gasteiger partial charge in [-0.3, -0.25) is 4.98 Å². The molecule has 0 saturated carbocycles. The van der Waals surface area contributed by atoms with E-state index in [1.807, 2.05) is 79.0 Å². The Balaban J connectivity index is 0.00000229. The molecule has 0 bridgehead atoms. The third kappa shape index (κ3) is 3.55. The van der Waals surface area contributed by atoms with Crippen molar-refractivity contribution in [2.24, 2.45) is 0 Å². The van der Waals surface area contributed by atoms with Gasteiger partial charge in [-0.05, 0) is 35.3 Å². The summed E-state index contributed by atoms with van der Waals surface area (Å²) in [6, 6.07) is 34.5. The minimum Gasteiger partial charge on any atom is -0.497 e. The number of aromatic nitrogens is 4. The second-order valence-electron chi connectivity index (χ2n) is 7.99. The van der Waals surface area contributed by atoms with Gasteiger partial charge in [0.25, 0.3) is 0 Å². The van der Waals surface area contributed by atoms with Gasteiger partial charge in [0.2, 0.25) is 0 Å². The number of fused-ring (bicyclic) bond motifs is 8. The maximum absolute atomic E-state index is 6.19. The number of hydrogen-bond acceptors (Lipinski definition) is 4. The van der Waals surface area contributed by atoms with Gasteiger partial charge in [-0.25, -0.2) is 4.98 Å². The Morgan fingerprint density at radius 1 is 0.657 bits per heavy atom. The molecule has 4 heterocycles. The summed E-state index contributed by atoms with van der Waals surface area (Å²) in [6.07, 6.45) is 3.58. The fourth-order valence-corrected chi connectivity index (χ4v) is 4.43. The van der Waals surface area contributed by atoms with Crippen LogP contribution in [0.15, 0.2) is 97.3 Å². The fourth-order valence-electron chi connectivity index (χ4n) is 4.43. The molecule has 0 unspecified atom stereocenters. The second-order valence-corrected chi connectivity index (χ2v) is 7.99. The number of hydrogen-bond donors (Lipinski definition) is 0. The number of pyridine rings is 3. The summed E-state index contributed by atoms with van der Waals surface area (Å²) < 4.78 is 8.29. The topological polar surface area (TPSA) is 52.3 Å². The van der Waals surface area contributed by atoms with E-state index in [1.165, 1.54) is 0 Å². The summed E-state index contributed by atoms with van der Waals surface area (Å²) >= 11 is 0. The van der Waals surface area contributed by atoms with Crippen molar-refractivity contribution in [1.29, 1.82) is 0 Å². The molecule has 7 rings (SSSR count). The van der Waals surface area contributed by atoms with Crippen molar-refractivity contribution in [3.63, 3.8) is 0 Å². The zero-order chi connectivity index (χ0) is 22.5. The van der Waals surface area contributed by atoms with Crippen molar-refractivity contribution in [2.45, 2.75) is 0 Å². The van der Waals surface area contributed by atoms with Crippen molar-refractivity contribution >= 4 is 38.5 Å². The monoisotopic (exact) mass is 542 g/mol. The Morgan fingerprint density at radius 2 is 1.51 bits per heavy atom. The Labute approximate surface area is 214 Å². The van der Waals surface area contributed by atoms with E-state index in [9.17, 15) is 0 Å². The van der Waals surface area contributed by atoms with Crippen LogP contribution in [0.25, 0.3) is 49.7 Å². The van der Waals surface area contributed by atoms with Crippen molar-refractivity contribution in [2.75, 3.05) is 0 Å². The molecule has 0 amide bonds. The summed E-state index contributed by atoms with van der Waals surface area (Å²) in [6.45, 7) is 0. The van der Waals surface area contributed by atoms with Gasteiger partial charge in [-0.15, -0.1) is 29.8 Å². The minimum atomic E-state index is 0. The zero-order valence-corrected chi connectivity index (χ0v) is 19.8. The molecule has 0 N–H and O–H groups in total. The summed E-state index contributed by atoms with van der Waals surface area (Å²) in [4.78, 5) is 14.0. The Hall–Kier alpha value is -4.11. The SMILES string of the molecule is [Pd+2].[c-]1c(Oc2[c-]c3c(cc2)c2cccnc2n2c4ccccc4nc32)cccc1-c1ccccn1. The Bertz CT molecular complexity index is 1850. The average Bonchev–Trinajstić information content (AvgIpc) is 3.30. The van der Waals surface area contributed by atoms with E-state index in [0.717, 1.165) is 49.7 Å². The van der Waals surface area contributed by atoms with Gasteiger partial charge in [0, 0.05) is 23.9 Å². The average molecular weight is 543 g/mol. The van der Waals surface area contributed by atoms with Gasteiger partial charge >= 0.3 is 20.4 Å². The van der Waals surface area contributed by atoms with E-state index in [4.69, 9.17) is 9.72 Å². The molecule has 168 valence electrons. The van der Waals surface area contributed by atoms with Crippen molar-refractivity contribution in [3.8, 4) is 22.8 Å². The van der Waals surface area contributed by atoms with Gasteiger partial charge < -0.3 is 14.1 Å². The maximum Gasteiger partial charge on any atom is 2.00 e. The van der Waals surface area contributed by atoms with E-state index >= 15 is 0 Å². The number of imidazole rings is 1. The van der Waals surface area contributed by atoms with Gasteiger partial charge in [-0.1, -0.05) is 59.3 Å². The number of para-hydroxylation sites is 2. The van der Waals surface area contributed by atoms with E-state index in [-0.39, 0.29) is 20.4 Å². The molecule has 0 radical (unpaired) electrons. The summed E-state index contributed by atoms with van der Waals surface area (Å²) in [5.41, 5.74) is 5.33. The third-order valence-corrected chi connectivity index (χ3v) is 5.92. The molecule has 0 aliphatic carbocycles. The molecular weight excluding hydrogens is 527 g/mol. The first-order valence-electron chi connectivity index (χ1n) is 11.0. The first kappa shape index (κ1) is 21.4. The fraction of sp³-hybridized carbons (Fsp3) is 0. The van der Waals surface area contributed by atoms with Crippen LogP contribution in [0.1, 0.15) is 0 Å². The van der Waals surface area contributed by atoms with E-state index in [1.54, 1.807) is 6.20 Å². The van der Waals surface area contributed by atoms with Gasteiger partial charge in [0.05, 0.1) is 16.7 Å². The third-order valence-electron chi connectivity index (χ3n) is 5.92. The van der Waals surface area contributed by atoms with Crippen LogP contribution in [-0.2, 0) is 20.4 Å². The van der Waals surface area contributed by atoms with Crippen LogP contribution in [0.2, 0.25) is 0 Å². The Kier molecular flexibility index (Phi) is 5.26. The van der Waals surface area contributed by atoms with Gasteiger partial charge in [0.1, 0.15) is 5.65 Å². The molecule has 3 aromatic carbocycles. The smallest absolute Gasteiger partial charge is 0.497 e. The summed E-state index contributed by atoms with van der Waals surface area (Å²) in [5.74, 6) is 1.20. The molecule has 35 heavy (non-hydrogen) atoms. The molecular formula is C29H16N4OPd. The van der Waals surface area contributed by atoms with Gasteiger partial charge in [-0.2, -0.15) is 0 Å². The van der Waals surface area contributed by atoms with E-state index < -0.39 is 0 Å². The van der Waals surface area contributed by atoms with Crippen molar-refractivity contribution in [1.82, 2.24) is 19.4 Å². The van der Waals surface area contributed by atoms with Crippen molar-refractivity contribution in [3.05, 3.63) is 109 Å². The predicted octanol–water partition coefficient (Wildman–Crippen LogP) is 6.64. The number of ether oxygens (including phenoxy) is 1. The molecule has 7 aromatic rings. The molecule has 5 nitrogen and oxygen atoms in total. The van der Waals surface area contributed by atoms with Crippen LogP contribution >= 0.6 is 0 Å². The summed E-state index contributed by atoms with van der Waals surface area (Å²) in [5, 5.41) is 2.96. The van der Waals surface area contributed by atoms with Crippen molar-refractivity contribution < 1.29 is 25.2 Å². The normalized spacial score (nSPS) is 11.2. The van der Waals surface area contributed by atoms with E-state index in [2.05, 4.69) is 38.6 Å². The molecule has 0 atom stereocenters. The molecule has 0 fully saturated rings. The van der Waals surface area contributed by atoms with Crippen LogP contribution in [0.5, 0.6) is 11.5 Å². The summed E-state index contributed by atoms with van der Waals surface area (Å²) in [7, 11) is 0. The first-order valence-corrected chi connectivity index (χ1v) is 11.0. The van der Waals surface area contributed by atoms with Crippen LogP contribution in [0.3, 0.4) is 0 Å². The largest absolute Gasteiger partial charge is 2.00 e. The van der Waals surface area contributed by atoms with Crippen LogP contribution in [0, 0.1) is 12.1 Å². The molecule has 0 aliphatic rings. The number of rotatable bonds is 3. The van der Waals surface area contributed by atoms with Gasteiger partial charge in [0.15, 0.2) is 0 Å². The quantitative estimate of drug-likeness (QED) is 0.143. The molecule has 6 heteroatoms. The predicted molar refractivity (Wildman–Crippen MR) is 133 cm³/mol. The van der Waals surface area contributed by atoms with Crippen LogP contribution < -0.4 is 4.74 Å². The molecule has 0 aliphatic heterocycles. The number of benzene rings is 3. The standard InChI is InChI=1S/C29H16N4O.Pd/c1-2-12-27-26(11-1)32-29-24-18-21(13-14-22(24)23-9-6-16-31-28(23)33(27)29)34-20-8-5-7-19(17-20)25-10-3-4-15-30-25;/h1-16H;/q-2;+2. The van der Waals surface area contributed by atoms with E-state index in [0.29, 0.717) is 11.5 Å². The maximum atomic E-state index is 6.19. The second kappa shape index (κ2) is 8.59. The van der Waals surface area contributed by atoms with Crippen LogP contribution in [-0.4, -0.2) is 19.4 Å². The minimum absolute atomic E-state index is 0. The molecule has 0 spiro atoms.